The minimum Gasteiger partial charge on any atom is -0.493 e. The number of hydrazone groups is 1. The third-order valence-corrected chi connectivity index (χ3v) is 5.25. The predicted molar refractivity (Wildman–Crippen MR) is 137 cm³/mol. The molecule has 204 valence electrons. The van der Waals surface area contributed by atoms with Crippen LogP contribution in [0.2, 0.25) is 0 Å². The Morgan fingerprint density at radius 1 is 0.949 bits per heavy atom. The summed E-state index contributed by atoms with van der Waals surface area (Å²) in [7, 11) is 1.37. The Balaban J connectivity index is 1.52. The van der Waals surface area contributed by atoms with E-state index >= 15 is 0 Å². The summed E-state index contributed by atoms with van der Waals surface area (Å²) in [5, 5.41) is 8.68. The highest BCUT2D eigenvalue weighted by atomic mass is 19.4. The number of benzene rings is 3. The summed E-state index contributed by atoms with van der Waals surface area (Å²) >= 11 is 0. The molecule has 0 aromatic heterocycles. The van der Waals surface area contributed by atoms with Crippen molar-refractivity contribution in [1.29, 1.82) is 0 Å². The fourth-order valence-corrected chi connectivity index (χ4v) is 3.30. The number of anilines is 1. The van der Waals surface area contributed by atoms with Crippen molar-refractivity contribution in [3.63, 3.8) is 0 Å². The van der Waals surface area contributed by atoms with Gasteiger partial charge in [0.1, 0.15) is 0 Å². The number of hydrogen-bond donors (Lipinski definition) is 3. The Kier molecular flexibility index (Phi) is 9.63. The summed E-state index contributed by atoms with van der Waals surface area (Å²) in [6.07, 6.45) is -3.26. The van der Waals surface area contributed by atoms with Crippen LogP contribution >= 0.6 is 0 Å². The van der Waals surface area contributed by atoms with Crippen molar-refractivity contribution in [1.82, 2.24) is 10.7 Å². The van der Waals surface area contributed by atoms with Crippen LogP contribution < -0.4 is 25.5 Å². The Morgan fingerprint density at radius 2 is 1.69 bits per heavy atom. The van der Waals surface area contributed by atoms with E-state index in [0.29, 0.717) is 5.56 Å². The summed E-state index contributed by atoms with van der Waals surface area (Å²) in [6.45, 7) is 1.25. The molecule has 3 amide bonds. The van der Waals surface area contributed by atoms with Crippen molar-refractivity contribution in [2.24, 2.45) is 5.10 Å². The van der Waals surface area contributed by atoms with Crippen molar-refractivity contribution in [3.8, 4) is 11.5 Å². The van der Waals surface area contributed by atoms with Gasteiger partial charge in [-0.05, 0) is 54.4 Å². The van der Waals surface area contributed by atoms with Gasteiger partial charge in [0.15, 0.2) is 18.1 Å². The largest absolute Gasteiger partial charge is 0.493 e. The van der Waals surface area contributed by atoms with E-state index in [2.05, 4.69) is 21.2 Å². The first-order valence-corrected chi connectivity index (χ1v) is 11.5. The summed E-state index contributed by atoms with van der Waals surface area (Å²) in [4.78, 5) is 36.3. The number of halogens is 3. The normalized spacial score (nSPS) is 11.9. The number of methoxy groups -OCH3 is 1. The second-order valence-electron chi connectivity index (χ2n) is 8.13. The average molecular weight is 543 g/mol. The molecule has 0 saturated heterocycles. The summed E-state index contributed by atoms with van der Waals surface area (Å²) in [5.41, 5.74) is 2.54. The molecule has 3 rings (SSSR count). The van der Waals surface area contributed by atoms with Crippen LogP contribution in [0.5, 0.6) is 11.5 Å². The van der Waals surface area contributed by atoms with E-state index in [4.69, 9.17) is 9.47 Å². The lowest BCUT2D eigenvalue weighted by molar-refractivity contribution is -0.139. The molecule has 12 heteroatoms. The van der Waals surface area contributed by atoms with Crippen LogP contribution in [-0.4, -0.2) is 37.7 Å². The number of amides is 3. The Bertz CT molecular complexity index is 1350. The van der Waals surface area contributed by atoms with Gasteiger partial charge in [-0.25, -0.2) is 5.43 Å². The molecule has 0 fully saturated rings. The van der Waals surface area contributed by atoms with Gasteiger partial charge in [0, 0.05) is 5.69 Å². The van der Waals surface area contributed by atoms with Crippen molar-refractivity contribution in [2.75, 3.05) is 19.0 Å². The minimum absolute atomic E-state index is 0.0257. The van der Waals surface area contributed by atoms with Gasteiger partial charge >= 0.3 is 18.0 Å². The van der Waals surface area contributed by atoms with Gasteiger partial charge in [-0.3, -0.25) is 14.4 Å². The van der Waals surface area contributed by atoms with Crippen LogP contribution in [0.1, 0.15) is 29.7 Å². The van der Waals surface area contributed by atoms with Gasteiger partial charge in [-0.1, -0.05) is 36.4 Å². The van der Waals surface area contributed by atoms with E-state index in [1.807, 2.05) is 30.3 Å². The molecular formula is C27H25F3N4O5. The molecule has 3 aromatic carbocycles. The number of carbonyl (C=O) groups excluding carboxylic acids is 3. The van der Waals surface area contributed by atoms with Crippen molar-refractivity contribution >= 4 is 29.6 Å². The quantitative estimate of drug-likeness (QED) is 0.214. The lowest BCUT2D eigenvalue weighted by atomic mass is 10.1. The lowest BCUT2D eigenvalue weighted by Gasteiger charge is -2.13. The second-order valence-corrected chi connectivity index (χ2v) is 8.13. The maximum absolute atomic E-state index is 12.8. The molecule has 39 heavy (non-hydrogen) atoms. The maximum atomic E-state index is 12.8. The topological polar surface area (TPSA) is 118 Å². The van der Waals surface area contributed by atoms with Crippen molar-refractivity contribution in [2.45, 2.75) is 19.1 Å². The number of nitrogens with zero attached hydrogens (tertiary/aromatic N) is 1. The van der Waals surface area contributed by atoms with Gasteiger partial charge in [0.2, 0.25) is 0 Å². The summed E-state index contributed by atoms with van der Waals surface area (Å²) < 4.78 is 49.2. The number of ether oxygens (including phenoxy) is 2. The standard InChI is InChI=1S/C27H25F3N4O5/c1-17(19-7-4-3-5-8-19)32-25(36)26(37)34-31-15-18-11-12-22(23(13-18)38-2)39-16-24(35)33-21-10-6-9-20(14-21)27(28,29)30/h3-15,17H,16H2,1-2H3,(H,32,36)(H,33,35)(H,34,37)/b31-15+. The Labute approximate surface area is 222 Å². The van der Waals surface area contributed by atoms with E-state index in [1.165, 1.54) is 37.6 Å². The van der Waals surface area contributed by atoms with E-state index in [0.717, 1.165) is 17.7 Å². The fraction of sp³-hybridized carbons (Fsp3) is 0.185. The van der Waals surface area contributed by atoms with Crippen LogP contribution in [0.25, 0.3) is 0 Å². The summed E-state index contributed by atoms with van der Waals surface area (Å²) in [6, 6.07) is 17.5. The zero-order valence-corrected chi connectivity index (χ0v) is 20.9. The summed E-state index contributed by atoms with van der Waals surface area (Å²) in [5.74, 6) is -2.07. The van der Waals surface area contributed by atoms with Crippen LogP contribution in [0, 0.1) is 0 Å². The highest BCUT2D eigenvalue weighted by Gasteiger charge is 2.30. The molecule has 0 aliphatic rings. The van der Waals surface area contributed by atoms with Crippen LogP contribution in [0.15, 0.2) is 77.9 Å². The molecule has 0 heterocycles. The molecule has 0 spiro atoms. The smallest absolute Gasteiger partial charge is 0.416 e. The molecule has 3 N–H and O–H groups in total. The van der Waals surface area contributed by atoms with Crippen molar-refractivity contribution < 1.29 is 37.0 Å². The first-order chi connectivity index (χ1) is 18.6. The molecule has 1 atom stereocenters. The fourth-order valence-electron chi connectivity index (χ4n) is 3.30. The zero-order valence-electron chi connectivity index (χ0n) is 20.9. The van der Waals surface area contributed by atoms with Gasteiger partial charge in [-0.15, -0.1) is 0 Å². The molecule has 0 bridgehead atoms. The Hall–Kier alpha value is -4.87. The molecule has 9 nitrogen and oxygen atoms in total. The number of hydrogen-bond acceptors (Lipinski definition) is 6. The first kappa shape index (κ1) is 28.7. The highest BCUT2D eigenvalue weighted by Crippen LogP contribution is 2.31. The third-order valence-electron chi connectivity index (χ3n) is 5.25. The van der Waals surface area contributed by atoms with E-state index in [1.54, 1.807) is 13.0 Å². The third kappa shape index (κ3) is 8.59. The van der Waals surface area contributed by atoms with Crippen LogP contribution in [0.3, 0.4) is 0 Å². The second kappa shape index (κ2) is 13.1. The molecule has 3 aromatic rings. The lowest BCUT2D eigenvalue weighted by Crippen LogP contribution is -2.39. The monoisotopic (exact) mass is 542 g/mol. The van der Waals surface area contributed by atoms with Gasteiger partial charge in [0.25, 0.3) is 5.91 Å². The molecular weight excluding hydrogens is 517 g/mol. The molecule has 0 saturated carbocycles. The van der Waals surface area contributed by atoms with E-state index < -0.39 is 36.1 Å². The minimum atomic E-state index is -4.54. The maximum Gasteiger partial charge on any atom is 0.416 e. The van der Waals surface area contributed by atoms with Crippen molar-refractivity contribution in [3.05, 3.63) is 89.5 Å². The molecule has 1 unspecified atom stereocenters. The molecule has 0 aliphatic heterocycles. The SMILES string of the molecule is COc1cc(/C=N/NC(=O)C(=O)NC(C)c2ccccc2)ccc1OCC(=O)Nc1cccc(C(F)(F)F)c1. The molecule has 0 aliphatic carbocycles. The van der Waals surface area contributed by atoms with Crippen LogP contribution in [-0.2, 0) is 20.6 Å². The molecule has 0 radical (unpaired) electrons. The number of carbonyl (C=O) groups is 3. The highest BCUT2D eigenvalue weighted by molar-refractivity contribution is 6.35. The van der Waals surface area contributed by atoms with Gasteiger partial charge in [0.05, 0.1) is 24.9 Å². The first-order valence-electron chi connectivity index (χ1n) is 11.5. The number of nitrogens with one attached hydrogen (secondary N) is 3. The van der Waals surface area contributed by atoms with E-state index in [-0.39, 0.29) is 23.2 Å². The average Bonchev–Trinajstić information content (AvgIpc) is 2.92. The van der Waals surface area contributed by atoms with Gasteiger partial charge < -0.3 is 20.1 Å². The van der Waals surface area contributed by atoms with Crippen LogP contribution in [0.4, 0.5) is 18.9 Å². The van der Waals surface area contributed by atoms with Gasteiger partial charge in [-0.2, -0.15) is 18.3 Å². The zero-order chi connectivity index (χ0) is 28.4. The predicted octanol–water partition coefficient (Wildman–Crippen LogP) is 4.06. The number of alkyl halides is 3. The van der Waals surface area contributed by atoms with E-state index in [9.17, 15) is 27.6 Å². The number of rotatable bonds is 9. The Morgan fingerprint density at radius 3 is 2.38 bits per heavy atom.